The van der Waals surface area contributed by atoms with E-state index in [1.807, 2.05) is 6.07 Å². The number of aliphatic carboxylic acids is 1. The van der Waals surface area contributed by atoms with Gasteiger partial charge in [-0.2, -0.15) is 5.26 Å². The zero-order valence-corrected chi connectivity index (χ0v) is 9.61. The third-order valence-electron chi connectivity index (χ3n) is 2.03. The van der Waals surface area contributed by atoms with Crippen molar-refractivity contribution in [1.82, 2.24) is 0 Å². The zero-order chi connectivity index (χ0) is 12.8. The maximum Gasteiger partial charge on any atom is 0.323 e. The van der Waals surface area contributed by atoms with E-state index in [9.17, 15) is 4.79 Å². The number of anilines is 1. The molecule has 0 saturated carbocycles. The molecule has 0 aliphatic rings. The van der Waals surface area contributed by atoms with Gasteiger partial charge in [0.25, 0.3) is 0 Å². The molecule has 0 spiro atoms. The van der Waals surface area contributed by atoms with Crippen LogP contribution in [-0.4, -0.2) is 24.2 Å². The van der Waals surface area contributed by atoms with E-state index in [1.54, 1.807) is 6.07 Å². The van der Waals surface area contributed by atoms with Gasteiger partial charge in [0.1, 0.15) is 12.6 Å². The summed E-state index contributed by atoms with van der Waals surface area (Å²) in [4.78, 5) is 12.1. The van der Waals surface area contributed by atoms with Crippen molar-refractivity contribution in [2.75, 3.05) is 18.0 Å². The molecule has 0 aliphatic heterocycles. The lowest BCUT2D eigenvalue weighted by Gasteiger charge is -2.21. The Labute approximate surface area is 104 Å². The molecule has 1 rings (SSSR count). The van der Waals surface area contributed by atoms with Gasteiger partial charge in [0, 0.05) is 5.02 Å². The van der Waals surface area contributed by atoms with E-state index >= 15 is 0 Å². The SMILES string of the molecule is C#CCN(CC(=O)O)c1cc(Cl)ccc1C#N. The summed E-state index contributed by atoms with van der Waals surface area (Å²) < 4.78 is 0. The number of rotatable bonds is 4. The molecule has 0 aliphatic carbocycles. The third-order valence-corrected chi connectivity index (χ3v) is 2.26. The maximum atomic E-state index is 10.7. The molecular weight excluding hydrogens is 240 g/mol. The molecule has 17 heavy (non-hydrogen) atoms. The number of terminal acetylenes is 1. The zero-order valence-electron chi connectivity index (χ0n) is 8.85. The van der Waals surface area contributed by atoms with Gasteiger partial charge in [-0.25, -0.2) is 0 Å². The molecule has 0 amide bonds. The highest BCUT2D eigenvalue weighted by atomic mass is 35.5. The molecule has 1 aromatic rings. The second-order valence-corrected chi connectivity index (χ2v) is 3.66. The van der Waals surface area contributed by atoms with Gasteiger partial charge >= 0.3 is 5.97 Å². The van der Waals surface area contributed by atoms with Crippen LogP contribution in [0.15, 0.2) is 18.2 Å². The van der Waals surface area contributed by atoms with Crippen LogP contribution < -0.4 is 4.90 Å². The fraction of sp³-hybridized carbons (Fsp3) is 0.167. The fourth-order valence-corrected chi connectivity index (χ4v) is 1.53. The lowest BCUT2D eigenvalue weighted by Crippen LogP contribution is -2.30. The van der Waals surface area contributed by atoms with Gasteiger partial charge in [0.05, 0.1) is 17.8 Å². The normalized spacial score (nSPS) is 9.12. The smallest absolute Gasteiger partial charge is 0.323 e. The molecule has 86 valence electrons. The van der Waals surface area contributed by atoms with Gasteiger partial charge in [-0.1, -0.05) is 17.5 Å². The number of carboxylic acids is 1. The van der Waals surface area contributed by atoms with E-state index in [0.717, 1.165) is 0 Å². The van der Waals surface area contributed by atoms with Crippen molar-refractivity contribution in [3.63, 3.8) is 0 Å². The maximum absolute atomic E-state index is 10.7. The second-order valence-electron chi connectivity index (χ2n) is 3.23. The number of benzene rings is 1. The van der Waals surface area contributed by atoms with Crippen LogP contribution in [0.2, 0.25) is 5.02 Å². The van der Waals surface area contributed by atoms with Gasteiger partial charge in [0.15, 0.2) is 0 Å². The van der Waals surface area contributed by atoms with Crippen LogP contribution in [-0.2, 0) is 4.79 Å². The first-order valence-corrected chi connectivity index (χ1v) is 5.06. The summed E-state index contributed by atoms with van der Waals surface area (Å²) in [6.07, 6.45) is 5.17. The number of carbonyl (C=O) groups is 1. The predicted molar refractivity (Wildman–Crippen MR) is 64.8 cm³/mol. The fourth-order valence-electron chi connectivity index (χ4n) is 1.36. The van der Waals surface area contributed by atoms with Gasteiger partial charge in [-0.15, -0.1) is 6.42 Å². The lowest BCUT2D eigenvalue weighted by atomic mass is 10.1. The molecule has 4 nitrogen and oxygen atoms in total. The Morgan fingerprint density at radius 3 is 2.82 bits per heavy atom. The van der Waals surface area contributed by atoms with E-state index in [-0.39, 0.29) is 13.1 Å². The van der Waals surface area contributed by atoms with Gasteiger partial charge in [-0.3, -0.25) is 4.79 Å². The molecule has 0 aromatic heterocycles. The minimum atomic E-state index is -1.02. The van der Waals surface area contributed by atoms with Crippen LogP contribution in [0.5, 0.6) is 0 Å². The van der Waals surface area contributed by atoms with E-state index in [1.165, 1.54) is 17.0 Å². The van der Waals surface area contributed by atoms with Crippen LogP contribution >= 0.6 is 11.6 Å². The summed E-state index contributed by atoms with van der Waals surface area (Å²) in [6, 6.07) is 6.60. The second kappa shape index (κ2) is 5.79. The highest BCUT2D eigenvalue weighted by Crippen LogP contribution is 2.24. The molecule has 0 atom stereocenters. The van der Waals surface area contributed by atoms with Crippen molar-refractivity contribution >= 4 is 23.3 Å². The van der Waals surface area contributed by atoms with Crippen molar-refractivity contribution in [3.05, 3.63) is 28.8 Å². The molecule has 5 heteroatoms. The van der Waals surface area contributed by atoms with E-state index < -0.39 is 5.97 Å². The van der Waals surface area contributed by atoms with Crippen LogP contribution in [0.4, 0.5) is 5.69 Å². The largest absolute Gasteiger partial charge is 0.480 e. The Bertz CT molecular complexity index is 514. The number of carboxylic acid groups (broad SMARTS) is 1. The molecule has 0 fully saturated rings. The Morgan fingerprint density at radius 2 is 2.29 bits per heavy atom. The van der Waals surface area contributed by atoms with E-state index in [2.05, 4.69) is 5.92 Å². The van der Waals surface area contributed by atoms with Crippen molar-refractivity contribution < 1.29 is 9.90 Å². The molecule has 0 bridgehead atoms. The molecule has 1 N–H and O–H groups in total. The number of halogens is 1. The first-order chi connectivity index (χ1) is 8.08. The van der Waals surface area contributed by atoms with Crippen molar-refractivity contribution in [1.29, 1.82) is 5.26 Å². The molecule has 0 heterocycles. The Kier molecular flexibility index (Phi) is 4.39. The molecule has 1 aromatic carbocycles. The average Bonchev–Trinajstić information content (AvgIpc) is 2.28. The number of nitrogens with zero attached hydrogens (tertiary/aromatic N) is 2. The molecular formula is C12H9ClN2O2. The summed E-state index contributed by atoms with van der Waals surface area (Å²) in [5.41, 5.74) is 0.770. The van der Waals surface area contributed by atoms with Crippen LogP contribution in [0.25, 0.3) is 0 Å². The standard InChI is InChI=1S/C12H9ClN2O2/c1-2-5-15(8-12(16)17)11-6-10(13)4-3-9(11)7-14/h1,3-4,6H,5,8H2,(H,16,17). The first-order valence-electron chi connectivity index (χ1n) is 4.68. The number of nitriles is 1. The quantitative estimate of drug-likeness (QED) is 0.825. The summed E-state index contributed by atoms with van der Waals surface area (Å²) in [5, 5.41) is 18.1. The third kappa shape index (κ3) is 3.41. The Morgan fingerprint density at radius 1 is 1.59 bits per heavy atom. The first kappa shape index (κ1) is 12.9. The summed E-state index contributed by atoms with van der Waals surface area (Å²) in [7, 11) is 0. The highest BCUT2D eigenvalue weighted by Gasteiger charge is 2.14. The van der Waals surface area contributed by atoms with Gasteiger partial charge < -0.3 is 10.0 Å². The summed E-state index contributed by atoms with van der Waals surface area (Å²) in [5.74, 6) is 1.33. The Hall–Kier alpha value is -2.17. The monoisotopic (exact) mass is 248 g/mol. The Balaban J connectivity index is 3.17. The van der Waals surface area contributed by atoms with Crippen LogP contribution in [0, 0.1) is 23.7 Å². The summed E-state index contributed by atoms with van der Waals surface area (Å²) in [6.45, 7) is -0.180. The minimum Gasteiger partial charge on any atom is -0.480 e. The van der Waals surface area contributed by atoms with Gasteiger partial charge in [-0.05, 0) is 18.2 Å². The summed E-state index contributed by atoms with van der Waals surface area (Å²) >= 11 is 5.82. The minimum absolute atomic E-state index is 0.0985. The van der Waals surface area contributed by atoms with Crippen molar-refractivity contribution in [3.8, 4) is 18.4 Å². The average molecular weight is 249 g/mol. The topological polar surface area (TPSA) is 64.3 Å². The highest BCUT2D eigenvalue weighted by molar-refractivity contribution is 6.30. The number of hydrogen-bond donors (Lipinski definition) is 1. The van der Waals surface area contributed by atoms with E-state index in [4.69, 9.17) is 28.4 Å². The lowest BCUT2D eigenvalue weighted by molar-refractivity contribution is -0.135. The van der Waals surface area contributed by atoms with Crippen molar-refractivity contribution in [2.24, 2.45) is 0 Å². The number of hydrogen-bond acceptors (Lipinski definition) is 3. The van der Waals surface area contributed by atoms with E-state index in [0.29, 0.717) is 16.3 Å². The van der Waals surface area contributed by atoms with Gasteiger partial charge in [0.2, 0.25) is 0 Å². The van der Waals surface area contributed by atoms with Crippen molar-refractivity contribution in [2.45, 2.75) is 0 Å². The predicted octanol–water partition coefficient (Wildman–Crippen LogP) is 1.74. The molecule has 0 saturated heterocycles. The molecule has 0 radical (unpaired) electrons. The van der Waals surface area contributed by atoms with Crippen LogP contribution in [0.1, 0.15) is 5.56 Å². The van der Waals surface area contributed by atoms with Crippen LogP contribution in [0.3, 0.4) is 0 Å². The molecule has 0 unspecified atom stereocenters.